The van der Waals surface area contributed by atoms with Crippen molar-refractivity contribution in [1.82, 2.24) is 15.3 Å². The average Bonchev–Trinajstić information content (AvgIpc) is 2.78. The first kappa shape index (κ1) is 24.1. The molecule has 1 aliphatic heterocycles. The predicted molar refractivity (Wildman–Crippen MR) is 126 cm³/mol. The minimum absolute atomic E-state index is 0.0782. The van der Waals surface area contributed by atoms with Gasteiger partial charge in [0.25, 0.3) is 5.92 Å². The van der Waals surface area contributed by atoms with Crippen LogP contribution in [0, 0.1) is 11.3 Å². The van der Waals surface area contributed by atoms with E-state index in [0.29, 0.717) is 23.9 Å². The summed E-state index contributed by atoms with van der Waals surface area (Å²) >= 11 is 0. The van der Waals surface area contributed by atoms with E-state index in [0.717, 1.165) is 37.4 Å². The Balaban J connectivity index is 1.91. The molecule has 2 unspecified atom stereocenters. The number of nitrogens with one attached hydrogen (secondary N) is 2. The van der Waals surface area contributed by atoms with Crippen LogP contribution in [0.2, 0.25) is 0 Å². The Kier molecular flexibility index (Phi) is 7.61. The van der Waals surface area contributed by atoms with E-state index >= 15 is 0 Å². The minimum Gasteiger partial charge on any atom is -0.374 e. The van der Waals surface area contributed by atoms with Crippen LogP contribution in [0.15, 0.2) is 55.6 Å². The van der Waals surface area contributed by atoms with E-state index in [4.69, 9.17) is 16.0 Å². The molecule has 0 spiro atoms. The normalized spacial score (nSPS) is 16.3. The zero-order valence-corrected chi connectivity index (χ0v) is 18.7. The molecule has 1 aliphatic rings. The molecule has 7 nitrogen and oxygen atoms in total. The number of aromatic nitrogens is 2. The number of hydrogen-bond acceptors (Lipinski definition) is 7. The highest BCUT2D eigenvalue weighted by molar-refractivity contribution is 5.66. The van der Waals surface area contributed by atoms with Crippen molar-refractivity contribution in [3.63, 3.8) is 0 Å². The summed E-state index contributed by atoms with van der Waals surface area (Å²) in [5.74, 6) is -1.79. The zero-order valence-electron chi connectivity index (χ0n) is 18.7. The van der Waals surface area contributed by atoms with E-state index in [2.05, 4.69) is 28.8 Å². The second-order valence-electron chi connectivity index (χ2n) is 8.13. The SMILES string of the molecule is C=C(NC(CC#N)C(C)(F)F)c1ccc2c(n1)N(C(=C)Nc1cccnc1)C(CCN)CC2. The number of aryl methyl sites for hydroxylation is 1. The molecule has 3 heterocycles. The van der Waals surface area contributed by atoms with Crippen molar-refractivity contribution >= 4 is 17.2 Å². The summed E-state index contributed by atoms with van der Waals surface area (Å²) in [5, 5.41) is 14.9. The molecular formula is C24H29F2N7. The third-order valence-electron chi connectivity index (χ3n) is 5.60. The van der Waals surface area contributed by atoms with Gasteiger partial charge in [-0.15, -0.1) is 0 Å². The molecule has 2 aromatic heterocycles. The number of fused-ring (bicyclic) bond motifs is 1. The van der Waals surface area contributed by atoms with E-state index in [1.54, 1.807) is 24.5 Å². The third kappa shape index (κ3) is 5.84. The predicted octanol–water partition coefficient (Wildman–Crippen LogP) is 4.03. The molecule has 33 heavy (non-hydrogen) atoms. The molecule has 2 atom stereocenters. The number of nitrogens with zero attached hydrogens (tertiary/aromatic N) is 4. The fourth-order valence-electron chi connectivity index (χ4n) is 3.88. The van der Waals surface area contributed by atoms with Crippen molar-refractivity contribution in [3.05, 3.63) is 66.9 Å². The number of nitrogens with two attached hydrogens (primary N) is 1. The zero-order chi connectivity index (χ0) is 24.0. The lowest BCUT2D eigenvalue weighted by atomic mass is 9.96. The summed E-state index contributed by atoms with van der Waals surface area (Å²) in [6.07, 6.45) is 5.46. The molecule has 0 fully saturated rings. The van der Waals surface area contributed by atoms with E-state index in [1.807, 2.05) is 23.1 Å². The van der Waals surface area contributed by atoms with Gasteiger partial charge in [-0.05, 0) is 49.6 Å². The third-order valence-corrected chi connectivity index (χ3v) is 5.60. The van der Waals surface area contributed by atoms with Crippen molar-refractivity contribution in [2.24, 2.45) is 5.73 Å². The van der Waals surface area contributed by atoms with Gasteiger partial charge < -0.3 is 21.3 Å². The van der Waals surface area contributed by atoms with Gasteiger partial charge >= 0.3 is 0 Å². The van der Waals surface area contributed by atoms with Gasteiger partial charge in [-0.25, -0.2) is 13.8 Å². The lowest BCUT2D eigenvalue weighted by molar-refractivity contribution is -0.0114. The van der Waals surface area contributed by atoms with Crippen LogP contribution >= 0.6 is 0 Å². The summed E-state index contributed by atoms with van der Waals surface area (Å²) < 4.78 is 27.8. The van der Waals surface area contributed by atoms with E-state index in [-0.39, 0.29) is 18.2 Å². The van der Waals surface area contributed by atoms with Crippen LogP contribution in [0.4, 0.5) is 20.3 Å². The van der Waals surface area contributed by atoms with Gasteiger partial charge in [-0.2, -0.15) is 5.26 Å². The van der Waals surface area contributed by atoms with Crippen molar-refractivity contribution in [1.29, 1.82) is 5.26 Å². The Bertz CT molecular complexity index is 1030. The highest BCUT2D eigenvalue weighted by atomic mass is 19.3. The number of halogens is 2. The van der Waals surface area contributed by atoms with Crippen LogP contribution in [0.3, 0.4) is 0 Å². The molecule has 0 radical (unpaired) electrons. The van der Waals surface area contributed by atoms with Gasteiger partial charge in [0.1, 0.15) is 17.7 Å². The maximum absolute atomic E-state index is 13.9. The second kappa shape index (κ2) is 10.4. The van der Waals surface area contributed by atoms with E-state index in [1.165, 1.54) is 0 Å². The number of hydrogen-bond donors (Lipinski definition) is 3. The lowest BCUT2D eigenvalue weighted by Gasteiger charge is -2.39. The number of alkyl halides is 2. The Morgan fingerprint density at radius 3 is 2.82 bits per heavy atom. The van der Waals surface area contributed by atoms with Gasteiger partial charge in [0.15, 0.2) is 0 Å². The van der Waals surface area contributed by atoms with Gasteiger partial charge in [0.2, 0.25) is 0 Å². The number of anilines is 2. The van der Waals surface area contributed by atoms with E-state index in [9.17, 15) is 8.78 Å². The van der Waals surface area contributed by atoms with Crippen LogP contribution < -0.4 is 21.3 Å². The number of pyridine rings is 2. The first-order valence-corrected chi connectivity index (χ1v) is 10.8. The largest absolute Gasteiger partial charge is 0.374 e. The molecule has 0 saturated carbocycles. The summed E-state index contributed by atoms with van der Waals surface area (Å²) in [5.41, 5.74) is 8.32. The van der Waals surface area contributed by atoms with Crippen LogP contribution in [-0.4, -0.2) is 34.5 Å². The molecule has 174 valence electrons. The topological polar surface area (TPSA) is 103 Å². The van der Waals surface area contributed by atoms with Crippen LogP contribution in [0.25, 0.3) is 5.70 Å². The van der Waals surface area contributed by atoms with Crippen molar-refractivity contribution < 1.29 is 8.78 Å². The quantitative estimate of drug-likeness (QED) is 0.499. The fourth-order valence-corrected chi connectivity index (χ4v) is 3.88. The van der Waals surface area contributed by atoms with Gasteiger partial charge in [-0.3, -0.25) is 4.98 Å². The molecular weight excluding hydrogens is 424 g/mol. The Morgan fingerprint density at radius 1 is 1.39 bits per heavy atom. The highest BCUT2D eigenvalue weighted by Gasteiger charge is 2.35. The van der Waals surface area contributed by atoms with Crippen molar-refractivity contribution in [2.45, 2.75) is 50.6 Å². The summed E-state index contributed by atoms with van der Waals surface area (Å²) in [7, 11) is 0. The molecule has 3 rings (SSSR count). The average molecular weight is 454 g/mol. The minimum atomic E-state index is -3.09. The van der Waals surface area contributed by atoms with Gasteiger partial charge in [0, 0.05) is 19.2 Å². The lowest BCUT2D eigenvalue weighted by Crippen LogP contribution is -2.43. The van der Waals surface area contributed by atoms with Crippen molar-refractivity contribution in [2.75, 3.05) is 16.8 Å². The molecule has 0 saturated heterocycles. The van der Waals surface area contributed by atoms with E-state index < -0.39 is 12.0 Å². The number of nitriles is 1. The summed E-state index contributed by atoms with van der Waals surface area (Å²) in [6.45, 7) is 9.41. The molecule has 9 heteroatoms. The number of rotatable bonds is 10. The first-order chi connectivity index (χ1) is 15.7. The van der Waals surface area contributed by atoms with Crippen LogP contribution in [0.5, 0.6) is 0 Å². The molecule has 4 N–H and O–H groups in total. The van der Waals surface area contributed by atoms with Gasteiger partial charge in [0.05, 0.1) is 35.8 Å². The Morgan fingerprint density at radius 2 is 2.18 bits per heavy atom. The second-order valence-corrected chi connectivity index (χ2v) is 8.13. The standard InChI is InChI=1S/C24H29F2N7/c1-16(30-22(11-13-28)24(3,25)26)21-9-7-18-6-8-20(10-12-27)33(23(18)32-21)17(2)31-19-5-4-14-29-15-19/h4-5,7,9,14-15,20,22,30-31H,1-2,6,8,10-12,27H2,3H3. The van der Waals surface area contributed by atoms with Gasteiger partial charge in [-0.1, -0.05) is 19.2 Å². The van der Waals surface area contributed by atoms with Crippen LogP contribution in [-0.2, 0) is 6.42 Å². The highest BCUT2D eigenvalue weighted by Crippen LogP contribution is 2.34. The molecule has 0 amide bonds. The molecule has 0 bridgehead atoms. The maximum Gasteiger partial charge on any atom is 0.266 e. The Labute approximate surface area is 193 Å². The molecule has 0 aliphatic carbocycles. The molecule has 0 aromatic carbocycles. The summed E-state index contributed by atoms with van der Waals surface area (Å²) in [4.78, 5) is 10.9. The fraction of sp³-hybridized carbons (Fsp3) is 0.375. The maximum atomic E-state index is 13.9. The first-order valence-electron chi connectivity index (χ1n) is 10.8. The summed E-state index contributed by atoms with van der Waals surface area (Å²) in [6, 6.07) is 7.90. The van der Waals surface area contributed by atoms with Crippen LogP contribution in [0.1, 0.15) is 37.4 Å². The van der Waals surface area contributed by atoms with Crippen molar-refractivity contribution in [3.8, 4) is 6.07 Å². The smallest absolute Gasteiger partial charge is 0.266 e. The molecule has 2 aromatic rings. The monoisotopic (exact) mass is 453 g/mol. The Hall–Kier alpha value is -3.51.